The van der Waals surface area contributed by atoms with Gasteiger partial charge in [0.1, 0.15) is 23.4 Å². The number of hydrogen-bond donors (Lipinski definition) is 1. The highest BCUT2D eigenvalue weighted by atomic mass is 19.1. The number of aromatic nitrogens is 1. The van der Waals surface area contributed by atoms with Gasteiger partial charge in [-0.25, -0.2) is 4.39 Å². The fourth-order valence-electron chi connectivity index (χ4n) is 3.21. The average molecular weight is 370 g/mol. The van der Waals surface area contributed by atoms with Crippen LogP contribution in [-0.4, -0.2) is 40.3 Å². The number of hydrogen-bond acceptors (Lipinski definition) is 5. The van der Waals surface area contributed by atoms with Crippen LogP contribution in [0.1, 0.15) is 30.6 Å². The second-order valence-corrected chi connectivity index (χ2v) is 6.09. The number of Topliss-reactive ketones (excluding diaryl/α,β-unsaturated/α-hetero) is 1. The number of halogens is 1. The van der Waals surface area contributed by atoms with Crippen LogP contribution in [0, 0.1) is 5.82 Å². The Hall–Kier alpha value is -3.22. The number of carbonyl (C=O) groups excluding carboxylic acids is 2. The molecule has 1 N–H and O–H groups in total. The van der Waals surface area contributed by atoms with E-state index in [0.717, 1.165) is 6.07 Å². The van der Waals surface area contributed by atoms with E-state index in [2.05, 4.69) is 4.98 Å². The third-order valence-electron chi connectivity index (χ3n) is 4.39. The van der Waals surface area contributed by atoms with Gasteiger partial charge in [0.05, 0.1) is 23.9 Å². The number of ether oxygens (including phenoxy) is 1. The molecule has 1 saturated heterocycles. The molecule has 1 amide bonds. The Morgan fingerprint density at radius 3 is 2.70 bits per heavy atom. The van der Waals surface area contributed by atoms with Crippen molar-refractivity contribution >= 4 is 17.4 Å². The Labute approximate surface area is 155 Å². The highest BCUT2D eigenvalue weighted by molar-refractivity contribution is 6.46. The smallest absolute Gasteiger partial charge is 0.295 e. The van der Waals surface area contributed by atoms with Crippen molar-refractivity contribution in [3.05, 3.63) is 65.2 Å². The van der Waals surface area contributed by atoms with Crippen molar-refractivity contribution in [1.82, 2.24) is 9.88 Å². The van der Waals surface area contributed by atoms with E-state index in [-0.39, 0.29) is 16.9 Å². The summed E-state index contributed by atoms with van der Waals surface area (Å²) in [6.07, 6.45) is 2.17. The lowest BCUT2D eigenvalue weighted by molar-refractivity contribution is -0.139. The van der Waals surface area contributed by atoms with Gasteiger partial charge in [-0.3, -0.25) is 14.6 Å². The van der Waals surface area contributed by atoms with E-state index in [1.807, 2.05) is 6.92 Å². The van der Waals surface area contributed by atoms with Gasteiger partial charge in [-0.1, -0.05) is 13.0 Å². The maximum Gasteiger partial charge on any atom is 0.295 e. The second-order valence-electron chi connectivity index (χ2n) is 6.09. The summed E-state index contributed by atoms with van der Waals surface area (Å²) in [6, 6.07) is 7.87. The molecule has 27 heavy (non-hydrogen) atoms. The summed E-state index contributed by atoms with van der Waals surface area (Å²) in [6.45, 7) is 2.20. The molecule has 0 spiro atoms. The van der Waals surface area contributed by atoms with Gasteiger partial charge in [0.15, 0.2) is 0 Å². The van der Waals surface area contributed by atoms with Crippen molar-refractivity contribution < 1.29 is 23.8 Å². The molecule has 1 aromatic carbocycles. The Morgan fingerprint density at radius 2 is 2.07 bits per heavy atom. The monoisotopic (exact) mass is 370 g/mol. The number of aliphatic hydroxyl groups excluding tert-OH is 1. The standard InChI is InChI=1S/C20H19FN2O4/c1-3-10-23-17(14-6-4-5-9-22-14)16(19(25)20(23)26)18(24)13-11-12(21)7-8-15(13)27-2/h4-9,11,17,24H,3,10H2,1-2H3/b18-16+. The molecular weight excluding hydrogens is 351 g/mol. The summed E-state index contributed by atoms with van der Waals surface area (Å²) >= 11 is 0. The van der Waals surface area contributed by atoms with E-state index in [1.165, 1.54) is 24.1 Å². The van der Waals surface area contributed by atoms with Crippen molar-refractivity contribution in [3.8, 4) is 5.75 Å². The lowest BCUT2D eigenvalue weighted by Gasteiger charge is -2.24. The van der Waals surface area contributed by atoms with E-state index >= 15 is 0 Å². The lowest BCUT2D eigenvalue weighted by atomic mass is 9.97. The van der Waals surface area contributed by atoms with Crippen molar-refractivity contribution in [2.45, 2.75) is 19.4 Å². The second kappa shape index (κ2) is 7.57. The molecule has 7 heteroatoms. The van der Waals surface area contributed by atoms with Crippen LogP contribution in [0.25, 0.3) is 5.76 Å². The minimum Gasteiger partial charge on any atom is -0.507 e. The normalized spacial score (nSPS) is 18.8. The summed E-state index contributed by atoms with van der Waals surface area (Å²) in [7, 11) is 1.37. The molecule has 0 bridgehead atoms. The van der Waals surface area contributed by atoms with Crippen molar-refractivity contribution in [2.24, 2.45) is 0 Å². The van der Waals surface area contributed by atoms with Crippen LogP contribution in [0.15, 0.2) is 48.2 Å². The molecule has 0 saturated carbocycles. The fraction of sp³-hybridized carbons (Fsp3) is 0.250. The Kier molecular flexibility index (Phi) is 5.21. The number of methoxy groups -OCH3 is 1. The Morgan fingerprint density at radius 1 is 1.30 bits per heavy atom. The van der Waals surface area contributed by atoms with Crippen LogP contribution in [0.5, 0.6) is 5.75 Å². The molecule has 1 fully saturated rings. The molecule has 1 unspecified atom stereocenters. The number of ketones is 1. The zero-order valence-electron chi connectivity index (χ0n) is 15.0. The van der Waals surface area contributed by atoms with Crippen LogP contribution in [-0.2, 0) is 9.59 Å². The number of benzene rings is 1. The van der Waals surface area contributed by atoms with Gasteiger partial charge in [-0.05, 0) is 36.8 Å². The third kappa shape index (κ3) is 3.28. The molecule has 1 aliphatic heterocycles. The number of rotatable bonds is 5. The average Bonchev–Trinajstić information content (AvgIpc) is 2.93. The quantitative estimate of drug-likeness (QED) is 0.497. The van der Waals surface area contributed by atoms with Gasteiger partial charge in [0, 0.05) is 12.7 Å². The van der Waals surface area contributed by atoms with Gasteiger partial charge in [-0.2, -0.15) is 0 Å². The molecule has 0 aliphatic carbocycles. The molecule has 1 aromatic heterocycles. The Balaban J connectivity index is 2.24. The molecule has 2 aromatic rings. The van der Waals surface area contributed by atoms with Crippen molar-refractivity contribution in [3.63, 3.8) is 0 Å². The molecule has 3 rings (SSSR count). The SMILES string of the molecule is CCCN1C(=O)C(=O)/C(=C(/O)c2cc(F)ccc2OC)C1c1ccccn1. The number of carbonyl (C=O) groups is 2. The third-order valence-corrected chi connectivity index (χ3v) is 4.39. The number of aliphatic hydroxyl groups is 1. The molecule has 1 aliphatic rings. The van der Waals surface area contributed by atoms with E-state index in [0.29, 0.717) is 18.7 Å². The molecular formula is C20H19FN2O4. The maximum absolute atomic E-state index is 13.8. The van der Waals surface area contributed by atoms with Crippen LogP contribution in [0.2, 0.25) is 0 Å². The van der Waals surface area contributed by atoms with E-state index in [1.54, 1.807) is 24.4 Å². The molecule has 1 atom stereocenters. The number of amides is 1. The predicted octanol–water partition coefficient (Wildman–Crippen LogP) is 3.06. The topological polar surface area (TPSA) is 79.7 Å². The molecule has 2 heterocycles. The first-order valence-corrected chi connectivity index (χ1v) is 8.52. The van der Waals surface area contributed by atoms with Crippen LogP contribution < -0.4 is 4.74 Å². The van der Waals surface area contributed by atoms with E-state index in [4.69, 9.17) is 4.74 Å². The molecule has 140 valence electrons. The predicted molar refractivity (Wildman–Crippen MR) is 96.5 cm³/mol. The van der Waals surface area contributed by atoms with Crippen LogP contribution in [0.3, 0.4) is 0 Å². The molecule has 6 nitrogen and oxygen atoms in total. The van der Waals surface area contributed by atoms with Gasteiger partial charge < -0.3 is 14.7 Å². The van der Waals surface area contributed by atoms with Crippen molar-refractivity contribution in [2.75, 3.05) is 13.7 Å². The Bertz CT molecular complexity index is 911. The highest BCUT2D eigenvalue weighted by Crippen LogP contribution is 2.40. The van der Waals surface area contributed by atoms with Crippen LogP contribution >= 0.6 is 0 Å². The molecule has 0 radical (unpaired) electrons. The number of likely N-dealkylation sites (tertiary alicyclic amines) is 1. The van der Waals surface area contributed by atoms with E-state index < -0.39 is 29.3 Å². The first kappa shape index (κ1) is 18.6. The summed E-state index contributed by atoms with van der Waals surface area (Å²) in [5.41, 5.74) is 0.325. The lowest BCUT2D eigenvalue weighted by Crippen LogP contribution is -2.30. The fourth-order valence-corrected chi connectivity index (χ4v) is 3.21. The number of pyridine rings is 1. The summed E-state index contributed by atoms with van der Waals surface area (Å²) < 4.78 is 18.9. The van der Waals surface area contributed by atoms with Crippen LogP contribution in [0.4, 0.5) is 4.39 Å². The minimum atomic E-state index is -0.848. The van der Waals surface area contributed by atoms with Gasteiger partial charge in [0.25, 0.3) is 11.7 Å². The summed E-state index contributed by atoms with van der Waals surface area (Å²) in [4.78, 5) is 30.9. The highest BCUT2D eigenvalue weighted by Gasteiger charge is 2.46. The minimum absolute atomic E-state index is 0.00734. The first-order valence-electron chi connectivity index (χ1n) is 8.52. The van der Waals surface area contributed by atoms with Gasteiger partial charge in [0.2, 0.25) is 0 Å². The zero-order chi connectivity index (χ0) is 19.6. The van der Waals surface area contributed by atoms with Crippen molar-refractivity contribution in [1.29, 1.82) is 0 Å². The van der Waals surface area contributed by atoms with E-state index in [9.17, 15) is 19.1 Å². The number of nitrogens with zero attached hydrogens (tertiary/aromatic N) is 2. The summed E-state index contributed by atoms with van der Waals surface area (Å²) in [5, 5.41) is 10.9. The maximum atomic E-state index is 13.8. The zero-order valence-corrected chi connectivity index (χ0v) is 15.0. The van der Waals surface area contributed by atoms with Gasteiger partial charge >= 0.3 is 0 Å². The largest absolute Gasteiger partial charge is 0.507 e. The van der Waals surface area contributed by atoms with Gasteiger partial charge in [-0.15, -0.1) is 0 Å². The first-order chi connectivity index (χ1) is 13.0. The summed E-state index contributed by atoms with van der Waals surface area (Å²) in [5.74, 6) is -2.45.